The second kappa shape index (κ2) is 14.3. The largest absolute Gasteiger partial charge is 0.392 e. The lowest BCUT2D eigenvalue weighted by Gasteiger charge is -2.56. The van der Waals surface area contributed by atoms with Crippen LogP contribution in [0.25, 0.3) is 0 Å². The van der Waals surface area contributed by atoms with Crippen molar-refractivity contribution in [2.24, 2.45) is 17.8 Å². The summed E-state index contributed by atoms with van der Waals surface area (Å²) in [4.78, 5) is 15.2. The quantitative estimate of drug-likeness (QED) is 0.187. The van der Waals surface area contributed by atoms with Crippen molar-refractivity contribution in [3.63, 3.8) is 0 Å². The minimum atomic E-state index is -0.621. The number of aliphatic hydroxyl groups excluding tert-OH is 2. The second-order valence-corrected chi connectivity index (χ2v) is 15.1. The Kier molecular flexibility index (Phi) is 9.90. The summed E-state index contributed by atoms with van der Waals surface area (Å²) < 4.78 is 13.1. The van der Waals surface area contributed by atoms with E-state index in [0.717, 1.165) is 64.8 Å². The first kappa shape index (κ1) is 33.2. The molecule has 5 atom stereocenters. The number of aliphatic hydroxyl groups is 2. The number of urea groups is 1. The molecule has 5 fully saturated rings. The summed E-state index contributed by atoms with van der Waals surface area (Å²) >= 11 is 0. The lowest BCUT2D eigenvalue weighted by molar-refractivity contribution is -0.253. The Morgan fingerprint density at radius 3 is 2.08 bits per heavy atom. The average molecular weight is 654 g/mol. The molecule has 0 unspecified atom stereocenters. The van der Waals surface area contributed by atoms with Gasteiger partial charge in [0.15, 0.2) is 6.29 Å². The molecule has 8 rings (SSSR count). The number of rotatable bonds is 11. The Balaban J connectivity index is 0.993. The van der Waals surface area contributed by atoms with Gasteiger partial charge in [-0.3, -0.25) is 4.90 Å². The number of nitrogens with one attached hydrogen (secondary N) is 2. The predicted molar refractivity (Wildman–Crippen MR) is 185 cm³/mol. The Morgan fingerprint density at radius 2 is 1.46 bits per heavy atom. The third-order valence-corrected chi connectivity index (χ3v) is 11.5. The molecule has 8 heteroatoms. The number of likely N-dealkylation sites (N-methyl/N-ethyl adjacent to an activating group) is 1. The Hall–Kier alpha value is -3.27. The number of hydrogen-bond acceptors (Lipinski definition) is 6. The molecule has 8 nitrogen and oxygen atoms in total. The van der Waals surface area contributed by atoms with Crippen molar-refractivity contribution in [3.05, 3.63) is 107 Å². The molecule has 1 saturated heterocycles. The van der Waals surface area contributed by atoms with Crippen molar-refractivity contribution in [3.8, 4) is 0 Å². The molecule has 5 aliphatic rings. The smallest absolute Gasteiger partial charge is 0.315 e. The highest BCUT2D eigenvalue weighted by Crippen LogP contribution is 2.55. The third kappa shape index (κ3) is 7.48. The van der Waals surface area contributed by atoms with Crippen LogP contribution in [-0.4, -0.2) is 52.4 Å². The molecule has 48 heavy (non-hydrogen) atoms. The molecule has 3 aromatic carbocycles. The van der Waals surface area contributed by atoms with Crippen molar-refractivity contribution in [1.82, 2.24) is 15.5 Å². The van der Waals surface area contributed by atoms with E-state index < -0.39 is 12.4 Å². The molecular formula is C40H51N3O5. The molecule has 3 aromatic rings. The van der Waals surface area contributed by atoms with Crippen LogP contribution < -0.4 is 10.6 Å². The van der Waals surface area contributed by atoms with Gasteiger partial charge in [-0.25, -0.2) is 4.79 Å². The number of carbonyl (C=O) groups is 1. The van der Waals surface area contributed by atoms with Crippen molar-refractivity contribution < 1.29 is 24.5 Å². The van der Waals surface area contributed by atoms with E-state index in [1.807, 2.05) is 92.8 Å². The van der Waals surface area contributed by atoms with E-state index in [1.165, 1.54) is 19.3 Å². The highest BCUT2D eigenvalue weighted by atomic mass is 16.7. The molecule has 256 valence electrons. The lowest BCUT2D eigenvalue weighted by atomic mass is 9.53. The zero-order valence-corrected chi connectivity index (χ0v) is 28.3. The molecule has 0 aromatic heterocycles. The Morgan fingerprint density at radius 1 is 0.854 bits per heavy atom. The molecule has 1 heterocycles. The fourth-order valence-corrected chi connectivity index (χ4v) is 9.21. The highest BCUT2D eigenvalue weighted by molar-refractivity contribution is 5.75. The maximum Gasteiger partial charge on any atom is 0.315 e. The van der Waals surface area contributed by atoms with Crippen molar-refractivity contribution >= 4 is 6.03 Å². The van der Waals surface area contributed by atoms with Crippen LogP contribution in [0.3, 0.4) is 0 Å². The monoisotopic (exact) mass is 653 g/mol. The average Bonchev–Trinajstić information content (AvgIpc) is 3.10. The predicted octanol–water partition coefficient (Wildman–Crippen LogP) is 6.55. The topological polar surface area (TPSA) is 103 Å². The molecule has 0 spiro atoms. The molecular weight excluding hydrogens is 602 g/mol. The molecule has 4 N–H and O–H groups in total. The Labute approximate surface area is 284 Å². The molecule has 4 bridgehead atoms. The first-order valence-electron chi connectivity index (χ1n) is 17.8. The molecule has 4 saturated carbocycles. The van der Waals surface area contributed by atoms with Gasteiger partial charge in [0.2, 0.25) is 0 Å². The van der Waals surface area contributed by atoms with E-state index in [2.05, 4.69) is 15.5 Å². The Bertz CT molecular complexity index is 1480. The van der Waals surface area contributed by atoms with Gasteiger partial charge in [0, 0.05) is 36.7 Å². The van der Waals surface area contributed by atoms with Crippen LogP contribution >= 0.6 is 0 Å². The molecule has 0 radical (unpaired) electrons. The van der Waals surface area contributed by atoms with Crippen LogP contribution in [-0.2, 0) is 22.6 Å². The van der Waals surface area contributed by atoms with Gasteiger partial charge >= 0.3 is 6.03 Å². The summed E-state index contributed by atoms with van der Waals surface area (Å²) in [6, 6.07) is 25.6. The molecule has 1 aliphatic heterocycles. The maximum atomic E-state index is 13.0. The summed E-state index contributed by atoms with van der Waals surface area (Å²) in [5, 5.41) is 27.2. The summed E-state index contributed by atoms with van der Waals surface area (Å²) in [5.41, 5.74) is 4.72. The number of ether oxygens (including phenoxy) is 2. The van der Waals surface area contributed by atoms with Gasteiger partial charge in [-0.1, -0.05) is 78.9 Å². The van der Waals surface area contributed by atoms with Gasteiger partial charge in [-0.15, -0.1) is 0 Å². The van der Waals surface area contributed by atoms with Gasteiger partial charge in [-0.05, 0) is 92.5 Å². The number of hydrogen-bond donors (Lipinski definition) is 4. The first-order chi connectivity index (χ1) is 23.3. The minimum absolute atomic E-state index is 0.00226. The zero-order chi connectivity index (χ0) is 33.3. The van der Waals surface area contributed by atoms with Crippen LogP contribution in [0, 0.1) is 17.8 Å². The van der Waals surface area contributed by atoms with Crippen molar-refractivity contribution in [2.75, 3.05) is 13.6 Å². The SMILES string of the molecule is C[C@H]([C@@H](O)c1ccccc1)N(C)C[C@@H]1C[C@H](c2ccc(CO)cc2)O[C@H](c2ccc(CNC(=O)NC34CC5CC(CC(C5)C3)C4)cc2)O1. The van der Waals surface area contributed by atoms with Crippen LogP contribution in [0.4, 0.5) is 4.79 Å². The summed E-state index contributed by atoms with van der Waals surface area (Å²) in [5.74, 6) is 2.37. The van der Waals surface area contributed by atoms with Gasteiger partial charge in [-0.2, -0.15) is 0 Å². The van der Waals surface area contributed by atoms with Crippen LogP contribution in [0.1, 0.15) is 98.2 Å². The maximum absolute atomic E-state index is 13.0. The van der Waals surface area contributed by atoms with Gasteiger partial charge < -0.3 is 30.3 Å². The van der Waals surface area contributed by atoms with Gasteiger partial charge in [0.25, 0.3) is 0 Å². The van der Waals surface area contributed by atoms with Crippen LogP contribution in [0.5, 0.6) is 0 Å². The normalized spacial score (nSPS) is 30.6. The summed E-state index contributed by atoms with van der Waals surface area (Å²) in [7, 11) is 2.02. The fraction of sp³-hybridized carbons (Fsp3) is 0.525. The summed E-state index contributed by atoms with van der Waals surface area (Å²) in [6.07, 6.45) is 6.61. The number of amides is 2. The standard InChI is InChI=1S/C40H51N3O5/c1-26(37(45)33-6-4-3-5-7-33)43(2)24-35-19-36(32-12-10-28(25-44)11-13-32)48-38(47-35)34-14-8-27(9-15-34)23-41-39(46)42-40-20-29-16-30(21-40)18-31(17-29)22-40/h3-15,26,29-31,35-38,44-45H,16-25H2,1-2H3,(H2,41,42,46)/t26-,29?,30?,31?,35+,36-,37-,38-,40?/m1/s1. The lowest BCUT2D eigenvalue weighted by Crippen LogP contribution is -2.61. The van der Waals surface area contributed by atoms with E-state index in [9.17, 15) is 15.0 Å². The third-order valence-electron chi connectivity index (χ3n) is 11.5. The van der Waals surface area contributed by atoms with Crippen molar-refractivity contribution in [1.29, 1.82) is 0 Å². The molecule has 2 amide bonds. The van der Waals surface area contributed by atoms with Crippen molar-refractivity contribution in [2.45, 2.75) is 101 Å². The first-order valence-corrected chi connectivity index (χ1v) is 17.8. The van der Waals surface area contributed by atoms with Crippen LogP contribution in [0.15, 0.2) is 78.9 Å². The zero-order valence-electron chi connectivity index (χ0n) is 28.3. The number of carbonyl (C=O) groups excluding carboxylic acids is 1. The van der Waals surface area contributed by atoms with E-state index in [0.29, 0.717) is 19.5 Å². The minimum Gasteiger partial charge on any atom is -0.392 e. The number of benzene rings is 3. The van der Waals surface area contributed by atoms with Gasteiger partial charge in [0.1, 0.15) is 0 Å². The second-order valence-electron chi connectivity index (χ2n) is 15.1. The summed E-state index contributed by atoms with van der Waals surface area (Å²) in [6.45, 7) is 3.12. The van der Waals surface area contributed by atoms with E-state index >= 15 is 0 Å². The highest BCUT2D eigenvalue weighted by Gasteiger charge is 2.51. The van der Waals surface area contributed by atoms with Crippen LogP contribution in [0.2, 0.25) is 0 Å². The fourth-order valence-electron chi connectivity index (χ4n) is 9.21. The van der Waals surface area contributed by atoms with E-state index in [4.69, 9.17) is 9.47 Å². The van der Waals surface area contributed by atoms with E-state index in [1.54, 1.807) is 0 Å². The van der Waals surface area contributed by atoms with E-state index in [-0.39, 0.29) is 36.4 Å². The number of nitrogens with zero attached hydrogens (tertiary/aromatic N) is 1. The molecule has 4 aliphatic carbocycles. The van der Waals surface area contributed by atoms with Gasteiger partial charge in [0.05, 0.1) is 24.9 Å².